The Labute approximate surface area is 148 Å². The van der Waals surface area contributed by atoms with Gasteiger partial charge in [-0.15, -0.1) is 0 Å². The predicted molar refractivity (Wildman–Crippen MR) is 88.4 cm³/mol. The lowest BCUT2D eigenvalue weighted by Gasteiger charge is -2.23. The van der Waals surface area contributed by atoms with Crippen molar-refractivity contribution in [3.05, 3.63) is 28.8 Å². The number of carbonyl (C=O) groups excluding carboxylic acids is 2. The summed E-state index contributed by atoms with van der Waals surface area (Å²) in [6.45, 7) is 3.55. The molecule has 0 aromatic heterocycles. The highest BCUT2D eigenvalue weighted by molar-refractivity contribution is 6.31. The van der Waals surface area contributed by atoms with Crippen molar-refractivity contribution in [2.75, 3.05) is 25.6 Å². The zero-order valence-corrected chi connectivity index (χ0v) is 14.8. The number of benzene rings is 1. The molecule has 0 atom stereocenters. The van der Waals surface area contributed by atoms with E-state index in [4.69, 9.17) is 16.3 Å². The van der Waals surface area contributed by atoms with E-state index < -0.39 is 34.0 Å². The van der Waals surface area contributed by atoms with E-state index in [2.05, 4.69) is 10.6 Å². The van der Waals surface area contributed by atoms with E-state index in [1.54, 1.807) is 0 Å². The summed E-state index contributed by atoms with van der Waals surface area (Å²) in [7, 11) is 1.53. The maximum Gasteiger partial charge on any atom is 0.417 e. The van der Waals surface area contributed by atoms with Crippen LogP contribution in [0.15, 0.2) is 18.2 Å². The smallest absolute Gasteiger partial charge is 0.385 e. The molecule has 0 aliphatic carbocycles. The summed E-state index contributed by atoms with van der Waals surface area (Å²) in [5.74, 6) is -1.27. The Bertz CT molecular complexity index is 634. The van der Waals surface area contributed by atoms with Crippen LogP contribution >= 0.6 is 11.6 Å². The fraction of sp³-hybridized carbons (Fsp3) is 0.500. The number of hydrogen-bond acceptors (Lipinski definition) is 3. The topological polar surface area (TPSA) is 67.4 Å². The number of ether oxygens (including phenoxy) is 1. The molecule has 0 bridgehead atoms. The van der Waals surface area contributed by atoms with Gasteiger partial charge in [0.15, 0.2) is 0 Å². The monoisotopic (exact) mass is 380 g/mol. The van der Waals surface area contributed by atoms with Gasteiger partial charge >= 0.3 is 6.18 Å². The van der Waals surface area contributed by atoms with Crippen LogP contribution in [0.2, 0.25) is 5.02 Å². The lowest BCUT2D eigenvalue weighted by molar-refractivity contribution is -0.139. The quantitative estimate of drug-likeness (QED) is 0.562. The molecule has 0 radical (unpaired) electrons. The minimum absolute atomic E-state index is 0.0954. The molecule has 0 spiro atoms. The van der Waals surface area contributed by atoms with Gasteiger partial charge < -0.3 is 15.4 Å². The summed E-state index contributed by atoms with van der Waals surface area (Å²) in [6.07, 6.45) is -4.07. The molecule has 140 valence electrons. The SMILES string of the molecule is COCCCNC(=O)C(C)(C)C(=O)Nc1ccc(Cl)c(C(F)(F)F)c1. The van der Waals surface area contributed by atoms with Gasteiger partial charge in [0.1, 0.15) is 5.41 Å². The average Bonchev–Trinajstić information content (AvgIpc) is 2.51. The molecule has 1 rings (SSSR count). The largest absolute Gasteiger partial charge is 0.417 e. The first kappa shape index (κ1) is 21.2. The summed E-state index contributed by atoms with van der Waals surface area (Å²) < 4.78 is 43.4. The molecule has 0 saturated carbocycles. The number of amides is 2. The van der Waals surface area contributed by atoms with Gasteiger partial charge in [0, 0.05) is 25.9 Å². The minimum Gasteiger partial charge on any atom is -0.385 e. The van der Waals surface area contributed by atoms with Crippen LogP contribution in [-0.4, -0.2) is 32.1 Å². The van der Waals surface area contributed by atoms with Crippen LogP contribution in [0.1, 0.15) is 25.8 Å². The second-order valence-corrected chi connectivity index (χ2v) is 6.28. The van der Waals surface area contributed by atoms with Gasteiger partial charge in [-0.2, -0.15) is 13.2 Å². The van der Waals surface area contributed by atoms with Gasteiger partial charge in [0.2, 0.25) is 11.8 Å². The van der Waals surface area contributed by atoms with Crippen LogP contribution in [0, 0.1) is 5.41 Å². The molecule has 2 N–H and O–H groups in total. The molecule has 9 heteroatoms. The van der Waals surface area contributed by atoms with E-state index in [0.717, 1.165) is 12.1 Å². The van der Waals surface area contributed by atoms with Gasteiger partial charge in [-0.1, -0.05) is 11.6 Å². The number of anilines is 1. The fourth-order valence-electron chi connectivity index (χ4n) is 1.85. The van der Waals surface area contributed by atoms with Gasteiger partial charge in [-0.25, -0.2) is 0 Å². The number of rotatable bonds is 7. The summed E-state index contributed by atoms with van der Waals surface area (Å²) in [6, 6.07) is 3.01. The first-order valence-electron chi connectivity index (χ1n) is 7.45. The Balaban J connectivity index is 2.82. The molecule has 0 unspecified atom stereocenters. The Morgan fingerprint density at radius 2 is 1.84 bits per heavy atom. The van der Waals surface area contributed by atoms with Gasteiger partial charge in [-0.3, -0.25) is 9.59 Å². The van der Waals surface area contributed by atoms with E-state index in [-0.39, 0.29) is 5.69 Å². The highest BCUT2D eigenvalue weighted by Crippen LogP contribution is 2.36. The Morgan fingerprint density at radius 3 is 2.40 bits per heavy atom. The lowest BCUT2D eigenvalue weighted by Crippen LogP contribution is -2.45. The fourth-order valence-corrected chi connectivity index (χ4v) is 2.07. The zero-order valence-electron chi connectivity index (χ0n) is 14.1. The molecule has 0 fully saturated rings. The molecule has 2 amide bonds. The van der Waals surface area contributed by atoms with E-state index in [9.17, 15) is 22.8 Å². The number of halogens is 4. The summed E-state index contributed by atoms with van der Waals surface area (Å²) in [5, 5.41) is 4.44. The van der Waals surface area contributed by atoms with Crippen LogP contribution in [0.4, 0.5) is 18.9 Å². The standard InChI is InChI=1S/C16H20ClF3N2O3/c1-15(2,13(23)21-7-4-8-25-3)14(24)22-10-5-6-12(17)11(9-10)16(18,19)20/h5-6,9H,4,7-8H2,1-3H3,(H,21,23)(H,22,24). The number of nitrogens with one attached hydrogen (secondary N) is 2. The predicted octanol–water partition coefficient (Wildman–Crippen LogP) is 3.48. The third-order valence-electron chi connectivity index (χ3n) is 3.48. The van der Waals surface area contributed by atoms with Gasteiger partial charge in [-0.05, 0) is 38.5 Å². The normalized spacial score (nSPS) is 12.0. The van der Waals surface area contributed by atoms with Crippen molar-refractivity contribution < 1.29 is 27.5 Å². The first-order chi connectivity index (χ1) is 11.5. The van der Waals surface area contributed by atoms with Crippen molar-refractivity contribution in [1.82, 2.24) is 5.32 Å². The number of alkyl halides is 3. The van der Waals surface area contributed by atoms with Crippen molar-refractivity contribution in [3.63, 3.8) is 0 Å². The van der Waals surface area contributed by atoms with Crippen molar-refractivity contribution in [1.29, 1.82) is 0 Å². The number of carbonyl (C=O) groups is 2. The minimum atomic E-state index is -4.65. The third-order valence-corrected chi connectivity index (χ3v) is 3.81. The number of methoxy groups -OCH3 is 1. The molecular formula is C16H20ClF3N2O3. The van der Waals surface area contributed by atoms with Gasteiger partial charge in [0.05, 0.1) is 10.6 Å². The van der Waals surface area contributed by atoms with Crippen molar-refractivity contribution in [2.24, 2.45) is 5.41 Å². The Kier molecular flexibility index (Phi) is 7.25. The van der Waals surface area contributed by atoms with E-state index in [1.807, 2.05) is 0 Å². The van der Waals surface area contributed by atoms with Crippen LogP contribution in [-0.2, 0) is 20.5 Å². The van der Waals surface area contributed by atoms with Crippen molar-refractivity contribution in [3.8, 4) is 0 Å². The third kappa shape index (κ3) is 5.89. The Morgan fingerprint density at radius 1 is 1.20 bits per heavy atom. The highest BCUT2D eigenvalue weighted by atomic mass is 35.5. The van der Waals surface area contributed by atoms with Crippen LogP contribution in [0.5, 0.6) is 0 Å². The van der Waals surface area contributed by atoms with Crippen LogP contribution < -0.4 is 10.6 Å². The molecule has 25 heavy (non-hydrogen) atoms. The molecule has 1 aromatic rings. The molecule has 1 aromatic carbocycles. The molecular weight excluding hydrogens is 361 g/mol. The maximum absolute atomic E-state index is 12.9. The van der Waals surface area contributed by atoms with E-state index >= 15 is 0 Å². The molecule has 0 aliphatic rings. The van der Waals surface area contributed by atoms with Crippen LogP contribution in [0.3, 0.4) is 0 Å². The highest BCUT2D eigenvalue weighted by Gasteiger charge is 2.37. The van der Waals surface area contributed by atoms with E-state index in [0.29, 0.717) is 19.6 Å². The summed E-state index contributed by atoms with van der Waals surface area (Å²) in [5.41, 5.74) is -2.62. The maximum atomic E-state index is 12.9. The lowest BCUT2D eigenvalue weighted by atomic mass is 9.91. The van der Waals surface area contributed by atoms with E-state index in [1.165, 1.54) is 27.0 Å². The van der Waals surface area contributed by atoms with Gasteiger partial charge in [0.25, 0.3) is 0 Å². The van der Waals surface area contributed by atoms with Crippen molar-refractivity contribution in [2.45, 2.75) is 26.4 Å². The summed E-state index contributed by atoms with van der Waals surface area (Å²) >= 11 is 5.53. The summed E-state index contributed by atoms with van der Waals surface area (Å²) in [4.78, 5) is 24.4. The average molecular weight is 381 g/mol. The van der Waals surface area contributed by atoms with Crippen LogP contribution in [0.25, 0.3) is 0 Å². The second-order valence-electron chi connectivity index (χ2n) is 5.87. The first-order valence-corrected chi connectivity index (χ1v) is 7.83. The Hall–Kier alpha value is -1.80. The number of hydrogen-bond donors (Lipinski definition) is 2. The molecule has 5 nitrogen and oxygen atoms in total. The molecule has 0 saturated heterocycles. The molecule has 0 heterocycles. The second kappa shape index (κ2) is 8.53. The van der Waals surface area contributed by atoms with Crippen molar-refractivity contribution >= 4 is 29.1 Å². The molecule has 0 aliphatic heterocycles. The zero-order chi connectivity index (χ0) is 19.3.